The molecule has 0 spiro atoms. The van der Waals surface area contributed by atoms with Crippen LogP contribution in [-0.4, -0.2) is 33.8 Å². The third-order valence-electron chi connectivity index (χ3n) is 4.68. The summed E-state index contributed by atoms with van der Waals surface area (Å²) < 4.78 is 5.59. The maximum atomic E-state index is 13.0. The first kappa shape index (κ1) is 21.7. The molecule has 0 atom stereocenters. The minimum Gasteiger partial charge on any atom is -0.504 e. The number of carbonyl (C=O) groups is 2. The molecule has 0 aliphatic carbocycles. The van der Waals surface area contributed by atoms with Crippen molar-refractivity contribution in [1.82, 2.24) is 0 Å². The van der Waals surface area contributed by atoms with Crippen LogP contribution in [0, 0.1) is 0 Å². The number of ether oxygens (including phenoxy) is 1. The molecule has 7 nitrogen and oxygen atoms in total. The maximum Gasteiger partial charge on any atom is 0.337 e. The van der Waals surface area contributed by atoms with E-state index < -0.39 is 23.4 Å². The number of phenolic OH excluding ortho intramolecular Hbond substituents is 2. The number of aromatic carboxylic acids is 1. The number of carbonyl (C=O) groups excluding carboxylic acids is 1. The number of aromatic hydroxyl groups is 2. The van der Waals surface area contributed by atoms with E-state index in [9.17, 15) is 24.9 Å². The Morgan fingerprint density at radius 3 is 2.29 bits per heavy atom. The topological polar surface area (TPSA) is 116 Å². The van der Waals surface area contributed by atoms with E-state index in [2.05, 4.69) is 5.32 Å². The molecule has 7 heteroatoms. The van der Waals surface area contributed by atoms with Crippen molar-refractivity contribution in [3.05, 3.63) is 71.8 Å². The largest absolute Gasteiger partial charge is 0.504 e. The Morgan fingerprint density at radius 2 is 1.61 bits per heavy atom. The molecular formula is C24H23NO6. The van der Waals surface area contributed by atoms with Gasteiger partial charge in [-0.2, -0.15) is 0 Å². The van der Waals surface area contributed by atoms with Gasteiger partial charge in [0.25, 0.3) is 5.91 Å². The molecule has 0 unspecified atom stereocenters. The van der Waals surface area contributed by atoms with Crippen molar-refractivity contribution in [1.29, 1.82) is 0 Å². The zero-order valence-corrected chi connectivity index (χ0v) is 17.0. The zero-order valence-electron chi connectivity index (χ0n) is 17.0. The summed E-state index contributed by atoms with van der Waals surface area (Å²) in [6.07, 6.45) is 1.62. The quantitative estimate of drug-likeness (QED) is 0.304. The summed E-state index contributed by atoms with van der Waals surface area (Å²) >= 11 is 0. The normalized spacial score (nSPS) is 10.5. The van der Waals surface area contributed by atoms with Gasteiger partial charge in [-0.25, -0.2) is 4.79 Å². The second-order valence-electron chi connectivity index (χ2n) is 6.92. The van der Waals surface area contributed by atoms with Gasteiger partial charge in [0.15, 0.2) is 11.5 Å². The third kappa shape index (κ3) is 5.14. The Morgan fingerprint density at radius 1 is 0.903 bits per heavy atom. The van der Waals surface area contributed by atoms with Crippen LogP contribution in [0.5, 0.6) is 17.2 Å². The van der Waals surface area contributed by atoms with E-state index >= 15 is 0 Å². The fraction of sp³-hybridized carbons (Fsp3) is 0.167. The molecular weight excluding hydrogens is 398 g/mol. The number of phenols is 2. The minimum absolute atomic E-state index is 0.0205. The van der Waals surface area contributed by atoms with Gasteiger partial charge < -0.3 is 25.4 Å². The molecule has 160 valence electrons. The highest BCUT2D eigenvalue weighted by Gasteiger charge is 2.20. The van der Waals surface area contributed by atoms with Crippen molar-refractivity contribution in [3.8, 4) is 28.4 Å². The first-order valence-electron chi connectivity index (χ1n) is 9.83. The molecule has 0 aliphatic heterocycles. The molecule has 0 radical (unpaired) electrons. The van der Waals surface area contributed by atoms with Crippen LogP contribution in [0.4, 0.5) is 5.69 Å². The van der Waals surface area contributed by atoms with Crippen LogP contribution in [0.15, 0.2) is 60.7 Å². The number of rotatable bonds is 8. The van der Waals surface area contributed by atoms with Crippen LogP contribution in [0.25, 0.3) is 11.1 Å². The van der Waals surface area contributed by atoms with E-state index in [1.54, 1.807) is 12.1 Å². The average molecular weight is 421 g/mol. The highest BCUT2D eigenvalue weighted by molar-refractivity contribution is 6.10. The zero-order chi connectivity index (χ0) is 22.4. The standard InChI is InChI=1S/C24H23NO6/c1-2-3-11-31-22-14-21(27)20(26)13-18(22)23(28)25-19-12-16(9-10-17(19)24(29)30)15-7-5-4-6-8-15/h4-10,12-14,26-27H,2-3,11H2,1H3,(H,25,28)(H,29,30). The predicted molar refractivity (Wildman–Crippen MR) is 117 cm³/mol. The van der Waals surface area contributed by atoms with Gasteiger partial charge in [0.2, 0.25) is 0 Å². The van der Waals surface area contributed by atoms with E-state index in [1.807, 2.05) is 37.3 Å². The van der Waals surface area contributed by atoms with Gasteiger partial charge in [-0.3, -0.25) is 4.79 Å². The Kier molecular flexibility index (Phi) is 6.77. The molecule has 0 saturated carbocycles. The van der Waals surface area contributed by atoms with Crippen LogP contribution in [0.2, 0.25) is 0 Å². The fourth-order valence-corrected chi connectivity index (χ4v) is 3.01. The lowest BCUT2D eigenvalue weighted by Crippen LogP contribution is -2.16. The van der Waals surface area contributed by atoms with Crippen molar-refractivity contribution in [2.45, 2.75) is 19.8 Å². The van der Waals surface area contributed by atoms with Crippen LogP contribution in [0.3, 0.4) is 0 Å². The monoisotopic (exact) mass is 421 g/mol. The number of hydrogen-bond acceptors (Lipinski definition) is 5. The number of carboxylic acids is 1. The summed E-state index contributed by atoms with van der Waals surface area (Å²) in [5.41, 5.74) is 1.60. The highest BCUT2D eigenvalue weighted by Crippen LogP contribution is 2.34. The van der Waals surface area contributed by atoms with E-state index in [0.717, 1.165) is 30.0 Å². The van der Waals surface area contributed by atoms with E-state index in [0.29, 0.717) is 6.61 Å². The molecule has 31 heavy (non-hydrogen) atoms. The van der Waals surface area contributed by atoms with Crippen molar-refractivity contribution in [2.75, 3.05) is 11.9 Å². The van der Waals surface area contributed by atoms with E-state index in [4.69, 9.17) is 4.74 Å². The summed E-state index contributed by atoms with van der Waals surface area (Å²) in [5.74, 6) is -2.67. The van der Waals surface area contributed by atoms with Gasteiger partial charge in [-0.05, 0) is 29.7 Å². The molecule has 3 aromatic rings. The molecule has 0 aromatic heterocycles. The molecule has 0 fully saturated rings. The summed E-state index contributed by atoms with van der Waals surface area (Å²) in [5, 5.41) is 31.8. The lowest BCUT2D eigenvalue weighted by atomic mass is 10.0. The number of anilines is 1. The Balaban J connectivity index is 1.97. The molecule has 1 amide bonds. The van der Waals surface area contributed by atoms with Crippen LogP contribution >= 0.6 is 0 Å². The fourth-order valence-electron chi connectivity index (χ4n) is 3.01. The SMILES string of the molecule is CCCCOc1cc(O)c(O)cc1C(=O)Nc1cc(-c2ccccc2)ccc1C(=O)O. The summed E-state index contributed by atoms with van der Waals surface area (Å²) in [6.45, 7) is 2.31. The molecule has 3 aromatic carbocycles. The Labute approximate surface area is 179 Å². The Hall–Kier alpha value is -4.00. The van der Waals surface area contributed by atoms with Crippen molar-refractivity contribution in [2.24, 2.45) is 0 Å². The number of carboxylic acid groups (broad SMARTS) is 1. The molecule has 0 saturated heterocycles. The van der Waals surface area contributed by atoms with Crippen molar-refractivity contribution >= 4 is 17.6 Å². The second kappa shape index (κ2) is 9.67. The molecule has 0 heterocycles. The number of nitrogens with one attached hydrogen (secondary N) is 1. The first-order chi connectivity index (χ1) is 14.9. The smallest absolute Gasteiger partial charge is 0.337 e. The predicted octanol–water partition coefficient (Wildman–Crippen LogP) is 4.89. The Bertz CT molecular complexity index is 1090. The minimum atomic E-state index is -1.19. The number of hydrogen-bond donors (Lipinski definition) is 4. The third-order valence-corrected chi connectivity index (χ3v) is 4.68. The average Bonchev–Trinajstić information content (AvgIpc) is 2.76. The lowest BCUT2D eigenvalue weighted by molar-refractivity contribution is 0.0698. The summed E-state index contributed by atoms with van der Waals surface area (Å²) in [7, 11) is 0. The van der Waals surface area contributed by atoms with Gasteiger partial charge in [-0.15, -0.1) is 0 Å². The van der Waals surface area contributed by atoms with E-state index in [-0.39, 0.29) is 22.6 Å². The maximum absolute atomic E-state index is 13.0. The van der Waals surface area contributed by atoms with Crippen LogP contribution < -0.4 is 10.1 Å². The van der Waals surface area contributed by atoms with Gasteiger partial charge >= 0.3 is 5.97 Å². The molecule has 3 rings (SSSR count). The van der Waals surface area contributed by atoms with E-state index in [1.165, 1.54) is 12.1 Å². The first-order valence-corrected chi connectivity index (χ1v) is 9.83. The molecule has 0 aliphatic rings. The van der Waals surface area contributed by atoms with Gasteiger partial charge in [-0.1, -0.05) is 49.7 Å². The highest BCUT2D eigenvalue weighted by atomic mass is 16.5. The van der Waals surface area contributed by atoms with Crippen molar-refractivity contribution in [3.63, 3.8) is 0 Å². The number of benzene rings is 3. The lowest BCUT2D eigenvalue weighted by Gasteiger charge is -2.15. The number of unbranched alkanes of at least 4 members (excludes halogenated alkanes) is 1. The number of amides is 1. The second-order valence-corrected chi connectivity index (χ2v) is 6.92. The van der Waals surface area contributed by atoms with Crippen LogP contribution in [0.1, 0.15) is 40.5 Å². The molecule has 4 N–H and O–H groups in total. The summed E-state index contributed by atoms with van der Waals surface area (Å²) in [6, 6.07) is 16.3. The van der Waals surface area contributed by atoms with Crippen LogP contribution in [-0.2, 0) is 0 Å². The van der Waals surface area contributed by atoms with Gasteiger partial charge in [0, 0.05) is 12.1 Å². The summed E-state index contributed by atoms with van der Waals surface area (Å²) in [4.78, 5) is 24.7. The molecule has 0 bridgehead atoms. The van der Waals surface area contributed by atoms with Gasteiger partial charge in [0.1, 0.15) is 5.75 Å². The van der Waals surface area contributed by atoms with Crippen molar-refractivity contribution < 1.29 is 29.6 Å². The van der Waals surface area contributed by atoms with Gasteiger partial charge in [0.05, 0.1) is 23.4 Å².